The molecule has 4 aromatic rings. The molecule has 2 aromatic heterocycles. The Balaban J connectivity index is 1.57. The number of carbonyl (C=O) groups excluding carboxylic acids is 1. The van der Waals surface area contributed by atoms with Crippen LogP contribution in [0, 0.1) is 0 Å². The molecule has 1 atom stereocenters. The molecular formula is C22H19NO6. The number of aliphatic hydroxyl groups is 1. The monoisotopic (exact) mass is 393 g/mol. The second kappa shape index (κ2) is 7.10. The van der Waals surface area contributed by atoms with Gasteiger partial charge < -0.3 is 24.0 Å². The molecule has 148 valence electrons. The quantitative estimate of drug-likeness (QED) is 0.505. The fraction of sp³-hybridized carbons (Fsp3) is 0.182. The number of carbonyl (C=O) groups is 1. The minimum absolute atomic E-state index is 0.152. The Morgan fingerprint density at radius 2 is 1.86 bits per heavy atom. The second-order valence-corrected chi connectivity index (χ2v) is 6.93. The van der Waals surface area contributed by atoms with E-state index in [9.17, 15) is 14.7 Å². The van der Waals surface area contributed by atoms with Crippen molar-refractivity contribution in [2.75, 3.05) is 13.7 Å². The molecule has 4 rings (SSSR count). The Morgan fingerprint density at radius 1 is 1.10 bits per heavy atom. The molecule has 7 heteroatoms. The van der Waals surface area contributed by atoms with E-state index in [4.69, 9.17) is 13.6 Å². The van der Waals surface area contributed by atoms with E-state index in [0.717, 1.165) is 5.39 Å². The maximum atomic E-state index is 12.6. The predicted molar refractivity (Wildman–Crippen MR) is 107 cm³/mol. The maximum Gasteiger partial charge on any atom is 0.349 e. The van der Waals surface area contributed by atoms with Gasteiger partial charge in [-0.15, -0.1) is 0 Å². The van der Waals surface area contributed by atoms with E-state index in [1.165, 1.54) is 20.1 Å². The Morgan fingerprint density at radius 3 is 2.62 bits per heavy atom. The van der Waals surface area contributed by atoms with Gasteiger partial charge in [-0.05, 0) is 31.2 Å². The summed E-state index contributed by atoms with van der Waals surface area (Å²) in [6, 6.07) is 15.6. The van der Waals surface area contributed by atoms with Crippen LogP contribution in [0.3, 0.4) is 0 Å². The highest BCUT2D eigenvalue weighted by molar-refractivity contribution is 5.97. The fourth-order valence-corrected chi connectivity index (χ4v) is 3.12. The van der Waals surface area contributed by atoms with Crippen molar-refractivity contribution < 1.29 is 23.5 Å². The van der Waals surface area contributed by atoms with Crippen molar-refractivity contribution in [3.05, 3.63) is 76.3 Å². The number of amides is 1. The molecule has 1 amide bonds. The molecule has 0 bridgehead atoms. The number of para-hydroxylation sites is 2. The van der Waals surface area contributed by atoms with Gasteiger partial charge >= 0.3 is 5.63 Å². The highest BCUT2D eigenvalue weighted by Gasteiger charge is 2.29. The summed E-state index contributed by atoms with van der Waals surface area (Å²) in [5.41, 5.74) is -1.51. The summed E-state index contributed by atoms with van der Waals surface area (Å²) in [4.78, 5) is 24.9. The summed E-state index contributed by atoms with van der Waals surface area (Å²) in [6.45, 7) is 1.37. The molecular weight excluding hydrogens is 374 g/mol. The van der Waals surface area contributed by atoms with Crippen molar-refractivity contribution in [1.82, 2.24) is 5.32 Å². The normalized spacial score (nSPS) is 13.3. The van der Waals surface area contributed by atoms with Crippen molar-refractivity contribution in [2.24, 2.45) is 0 Å². The summed E-state index contributed by atoms with van der Waals surface area (Å²) >= 11 is 0. The molecule has 0 aliphatic carbocycles. The van der Waals surface area contributed by atoms with Gasteiger partial charge in [0.25, 0.3) is 5.91 Å². The summed E-state index contributed by atoms with van der Waals surface area (Å²) in [5, 5.41) is 14.7. The zero-order chi connectivity index (χ0) is 20.6. The van der Waals surface area contributed by atoms with Gasteiger partial charge in [0.05, 0.1) is 13.7 Å². The van der Waals surface area contributed by atoms with Crippen molar-refractivity contribution in [3.63, 3.8) is 0 Å². The lowest BCUT2D eigenvalue weighted by molar-refractivity contribution is 0.0344. The first-order chi connectivity index (χ1) is 13.9. The molecule has 0 aliphatic heterocycles. The first-order valence-electron chi connectivity index (χ1n) is 8.99. The number of furan rings is 1. The first-order valence-corrected chi connectivity index (χ1v) is 8.99. The van der Waals surface area contributed by atoms with E-state index >= 15 is 0 Å². The Kier molecular flexibility index (Phi) is 4.60. The SMILES string of the molecule is COc1cccc2cc(C(=O)NC[C@](C)(O)c3cc4ccccc4o3)c(=O)oc12. The second-order valence-electron chi connectivity index (χ2n) is 6.93. The van der Waals surface area contributed by atoms with Crippen LogP contribution in [0.15, 0.2) is 68.2 Å². The minimum atomic E-state index is -1.46. The average Bonchev–Trinajstić information content (AvgIpc) is 3.16. The van der Waals surface area contributed by atoms with Crippen LogP contribution in [-0.2, 0) is 5.60 Å². The van der Waals surface area contributed by atoms with Gasteiger partial charge in [-0.25, -0.2) is 4.79 Å². The van der Waals surface area contributed by atoms with Crippen molar-refractivity contribution >= 4 is 27.8 Å². The third-order valence-electron chi connectivity index (χ3n) is 4.74. The van der Waals surface area contributed by atoms with Crippen LogP contribution < -0.4 is 15.7 Å². The number of ether oxygens (including phenoxy) is 1. The van der Waals surface area contributed by atoms with Crippen LogP contribution in [0.2, 0.25) is 0 Å². The largest absolute Gasteiger partial charge is 0.493 e. The Bertz CT molecular complexity index is 1230. The minimum Gasteiger partial charge on any atom is -0.493 e. The van der Waals surface area contributed by atoms with Crippen LogP contribution in [0.1, 0.15) is 23.0 Å². The van der Waals surface area contributed by atoms with Gasteiger partial charge in [0, 0.05) is 10.8 Å². The standard InChI is InChI=1S/C22H19NO6/c1-22(26,18-11-13-6-3-4-8-16(13)28-18)12-23-20(24)15-10-14-7-5-9-17(27-2)19(14)29-21(15)25/h3-11,26H,12H2,1-2H3,(H,23,24)/t22-/m0/s1. The van der Waals surface area contributed by atoms with E-state index in [0.29, 0.717) is 22.5 Å². The molecule has 2 N–H and O–H groups in total. The molecule has 0 fully saturated rings. The maximum absolute atomic E-state index is 12.6. The lowest BCUT2D eigenvalue weighted by atomic mass is 10.0. The third-order valence-corrected chi connectivity index (χ3v) is 4.74. The van der Waals surface area contributed by atoms with Gasteiger partial charge in [-0.3, -0.25) is 4.79 Å². The van der Waals surface area contributed by atoms with E-state index in [-0.39, 0.29) is 17.7 Å². The smallest absolute Gasteiger partial charge is 0.349 e. The van der Waals surface area contributed by atoms with Crippen molar-refractivity contribution in [2.45, 2.75) is 12.5 Å². The molecule has 29 heavy (non-hydrogen) atoms. The van der Waals surface area contributed by atoms with Crippen LogP contribution in [0.4, 0.5) is 0 Å². The molecule has 0 radical (unpaired) electrons. The van der Waals surface area contributed by atoms with E-state index < -0.39 is 17.1 Å². The highest BCUT2D eigenvalue weighted by Crippen LogP contribution is 2.28. The van der Waals surface area contributed by atoms with Crippen LogP contribution in [0.5, 0.6) is 5.75 Å². The van der Waals surface area contributed by atoms with Crippen LogP contribution in [-0.4, -0.2) is 24.7 Å². The zero-order valence-electron chi connectivity index (χ0n) is 15.9. The average molecular weight is 393 g/mol. The summed E-state index contributed by atoms with van der Waals surface area (Å²) in [5.74, 6) is 0.0634. The number of rotatable bonds is 5. The van der Waals surface area contributed by atoms with Gasteiger partial charge in [0.15, 0.2) is 11.3 Å². The summed E-state index contributed by atoms with van der Waals surface area (Å²) in [7, 11) is 1.47. The fourth-order valence-electron chi connectivity index (χ4n) is 3.12. The van der Waals surface area contributed by atoms with Gasteiger partial charge in [0.1, 0.15) is 22.5 Å². The Labute approximate surface area is 165 Å². The van der Waals surface area contributed by atoms with Crippen LogP contribution in [0.25, 0.3) is 21.9 Å². The number of hydrogen-bond donors (Lipinski definition) is 2. The van der Waals surface area contributed by atoms with Crippen molar-refractivity contribution in [1.29, 1.82) is 0 Å². The molecule has 0 saturated carbocycles. The summed E-state index contributed by atoms with van der Waals surface area (Å²) < 4.78 is 16.1. The molecule has 2 aromatic carbocycles. The lowest BCUT2D eigenvalue weighted by Crippen LogP contribution is -2.39. The van der Waals surface area contributed by atoms with Crippen LogP contribution >= 0.6 is 0 Å². The molecule has 0 saturated heterocycles. The number of fused-ring (bicyclic) bond motifs is 2. The molecule has 7 nitrogen and oxygen atoms in total. The molecule has 0 aliphatic rings. The third kappa shape index (κ3) is 3.48. The molecule has 0 spiro atoms. The highest BCUT2D eigenvalue weighted by atomic mass is 16.5. The van der Waals surface area contributed by atoms with Crippen molar-refractivity contribution in [3.8, 4) is 5.75 Å². The molecule has 0 unspecified atom stereocenters. The lowest BCUT2D eigenvalue weighted by Gasteiger charge is -2.21. The molecule has 2 heterocycles. The number of benzene rings is 2. The van der Waals surface area contributed by atoms with Gasteiger partial charge in [-0.1, -0.05) is 30.3 Å². The predicted octanol–water partition coefficient (Wildman–Crippen LogP) is 3.19. The number of hydrogen-bond acceptors (Lipinski definition) is 6. The van der Waals surface area contributed by atoms with Gasteiger partial charge in [-0.2, -0.15) is 0 Å². The number of methoxy groups -OCH3 is 1. The van der Waals surface area contributed by atoms with E-state index in [1.54, 1.807) is 30.3 Å². The van der Waals surface area contributed by atoms with Gasteiger partial charge in [0.2, 0.25) is 0 Å². The Hall–Kier alpha value is -3.58. The van der Waals surface area contributed by atoms with E-state index in [2.05, 4.69) is 5.32 Å². The topological polar surface area (TPSA) is 102 Å². The number of nitrogens with one attached hydrogen (secondary N) is 1. The summed E-state index contributed by atoms with van der Waals surface area (Å²) in [6.07, 6.45) is 0. The van der Waals surface area contributed by atoms with E-state index in [1.807, 2.05) is 18.2 Å². The first kappa shape index (κ1) is 18.8. The zero-order valence-corrected chi connectivity index (χ0v) is 15.9.